The lowest BCUT2D eigenvalue weighted by molar-refractivity contribution is -0.139. The van der Waals surface area contributed by atoms with Gasteiger partial charge in [-0.15, -0.1) is 6.58 Å². The molecular formula is C8H16N2O2. The molecule has 0 aliphatic carbocycles. The zero-order valence-electron chi connectivity index (χ0n) is 7.07. The van der Waals surface area contributed by atoms with Crippen LogP contribution in [0, 0.1) is 5.92 Å². The van der Waals surface area contributed by atoms with Crippen LogP contribution in [0.2, 0.25) is 0 Å². The Bertz CT molecular complexity index is 159. The van der Waals surface area contributed by atoms with Crippen LogP contribution in [0.25, 0.3) is 0 Å². The van der Waals surface area contributed by atoms with Gasteiger partial charge in [0.05, 0.1) is 0 Å². The summed E-state index contributed by atoms with van der Waals surface area (Å²) in [5.41, 5.74) is 10.7. The van der Waals surface area contributed by atoms with Gasteiger partial charge in [-0.25, -0.2) is 0 Å². The highest BCUT2D eigenvalue weighted by molar-refractivity contribution is 5.73. The molecule has 2 atom stereocenters. The quantitative estimate of drug-likeness (QED) is 0.490. The van der Waals surface area contributed by atoms with Crippen LogP contribution < -0.4 is 11.5 Å². The van der Waals surface area contributed by atoms with Gasteiger partial charge >= 0.3 is 5.97 Å². The molecule has 0 aliphatic heterocycles. The van der Waals surface area contributed by atoms with Gasteiger partial charge in [-0.3, -0.25) is 4.79 Å². The molecule has 0 heterocycles. The number of carboxylic acid groups (broad SMARTS) is 1. The Morgan fingerprint density at radius 2 is 2.25 bits per heavy atom. The summed E-state index contributed by atoms with van der Waals surface area (Å²) in [6, 6.07) is -0.827. The molecule has 4 nitrogen and oxygen atoms in total. The van der Waals surface area contributed by atoms with Gasteiger partial charge in [-0.05, 0) is 25.3 Å². The predicted octanol–water partition coefficient (Wildman–Crippen LogP) is -0.0606. The molecule has 0 fully saturated rings. The Morgan fingerprint density at radius 1 is 1.67 bits per heavy atom. The topological polar surface area (TPSA) is 89.3 Å². The van der Waals surface area contributed by atoms with Crippen LogP contribution in [0.5, 0.6) is 0 Å². The van der Waals surface area contributed by atoms with Crippen molar-refractivity contribution in [1.29, 1.82) is 0 Å². The lowest BCUT2D eigenvalue weighted by atomic mass is 9.93. The summed E-state index contributed by atoms with van der Waals surface area (Å²) in [6.45, 7) is 3.99. The molecular weight excluding hydrogens is 156 g/mol. The summed E-state index contributed by atoms with van der Waals surface area (Å²) in [4.78, 5) is 10.5. The molecule has 2 unspecified atom stereocenters. The summed E-state index contributed by atoms with van der Waals surface area (Å²) >= 11 is 0. The van der Waals surface area contributed by atoms with Crippen molar-refractivity contribution in [3.05, 3.63) is 12.7 Å². The molecule has 70 valence electrons. The minimum absolute atomic E-state index is 0.0926. The third-order valence-electron chi connectivity index (χ3n) is 1.80. The summed E-state index contributed by atoms with van der Waals surface area (Å²) < 4.78 is 0. The van der Waals surface area contributed by atoms with E-state index in [-0.39, 0.29) is 5.92 Å². The van der Waals surface area contributed by atoms with Gasteiger partial charge in [0, 0.05) is 0 Å². The Labute approximate surface area is 72.2 Å². The first kappa shape index (κ1) is 11.1. The van der Waals surface area contributed by atoms with Crippen LogP contribution in [-0.4, -0.2) is 23.7 Å². The largest absolute Gasteiger partial charge is 0.480 e. The Hall–Kier alpha value is -0.870. The fraction of sp³-hybridized carbons (Fsp3) is 0.625. The molecule has 0 aliphatic rings. The van der Waals surface area contributed by atoms with Crippen molar-refractivity contribution in [3.63, 3.8) is 0 Å². The Balaban J connectivity index is 4.07. The van der Waals surface area contributed by atoms with Crippen molar-refractivity contribution in [2.45, 2.75) is 18.9 Å². The number of carbonyl (C=O) groups is 1. The van der Waals surface area contributed by atoms with E-state index >= 15 is 0 Å². The lowest BCUT2D eigenvalue weighted by Gasteiger charge is -2.17. The minimum atomic E-state index is -0.977. The SMILES string of the molecule is C=CCC(CCN)C(N)C(=O)O. The van der Waals surface area contributed by atoms with E-state index in [9.17, 15) is 4.79 Å². The van der Waals surface area contributed by atoms with E-state index in [0.29, 0.717) is 19.4 Å². The number of aliphatic carboxylic acids is 1. The van der Waals surface area contributed by atoms with E-state index in [1.54, 1.807) is 6.08 Å². The molecule has 0 bridgehead atoms. The lowest BCUT2D eigenvalue weighted by Crippen LogP contribution is -2.38. The highest BCUT2D eigenvalue weighted by Crippen LogP contribution is 2.12. The van der Waals surface area contributed by atoms with Crippen LogP contribution in [0.1, 0.15) is 12.8 Å². The summed E-state index contributed by atoms with van der Waals surface area (Å²) in [6.07, 6.45) is 2.90. The average molecular weight is 172 g/mol. The molecule has 0 aromatic heterocycles. The van der Waals surface area contributed by atoms with Crippen LogP contribution in [-0.2, 0) is 4.79 Å². The maximum Gasteiger partial charge on any atom is 0.320 e. The number of nitrogens with two attached hydrogens (primary N) is 2. The Kier molecular flexibility index (Phi) is 5.32. The number of hydrogen-bond acceptors (Lipinski definition) is 3. The van der Waals surface area contributed by atoms with Crippen LogP contribution in [0.4, 0.5) is 0 Å². The predicted molar refractivity (Wildman–Crippen MR) is 47.6 cm³/mol. The number of rotatable bonds is 6. The van der Waals surface area contributed by atoms with Crippen LogP contribution in [0.3, 0.4) is 0 Å². The smallest absolute Gasteiger partial charge is 0.320 e. The molecule has 0 aromatic carbocycles. The molecule has 0 aromatic rings. The third kappa shape index (κ3) is 3.50. The Morgan fingerprint density at radius 3 is 2.58 bits per heavy atom. The zero-order chi connectivity index (χ0) is 9.56. The van der Waals surface area contributed by atoms with Crippen LogP contribution in [0.15, 0.2) is 12.7 Å². The summed E-state index contributed by atoms with van der Waals surface area (Å²) in [7, 11) is 0. The second-order valence-electron chi connectivity index (χ2n) is 2.73. The fourth-order valence-electron chi connectivity index (χ4n) is 1.07. The maximum atomic E-state index is 10.5. The van der Waals surface area contributed by atoms with E-state index in [2.05, 4.69) is 6.58 Å². The first-order chi connectivity index (χ1) is 5.63. The molecule has 0 saturated carbocycles. The monoisotopic (exact) mass is 172 g/mol. The fourth-order valence-corrected chi connectivity index (χ4v) is 1.07. The summed E-state index contributed by atoms with van der Waals surface area (Å²) in [5, 5.41) is 8.61. The zero-order valence-corrected chi connectivity index (χ0v) is 7.07. The highest BCUT2D eigenvalue weighted by atomic mass is 16.4. The van der Waals surface area contributed by atoms with Gasteiger partial charge in [0.15, 0.2) is 0 Å². The van der Waals surface area contributed by atoms with Crippen molar-refractivity contribution < 1.29 is 9.90 Å². The molecule has 4 heteroatoms. The molecule has 0 rings (SSSR count). The number of allylic oxidation sites excluding steroid dienone is 1. The molecule has 0 amide bonds. The van der Waals surface area contributed by atoms with Crippen molar-refractivity contribution in [2.24, 2.45) is 17.4 Å². The first-order valence-corrected chi connectivity index (χ1v) is 3.92. The number of carboxylic acids is 1. The van der Waals surface area contributed by atoms with Gasteiger partial charge in [0.1, 0.15) is 6.04 Å². The van der Waals surface area contributed by atoms with Crippen LogP contribution >= 0.6 is 0 Å². The normalized spacial score (nSPS) is 15.2. The van der Waals surface area contributed by atoms with E-state index in [4.69, 9.17) is 16.6 Å². The standard InChI is InChI=1S/C8H16N2O2/c1-2-3-6(4-5-9)7(10)8(11)12/h2,6-7H,1,3-5,9-10H2,(H,11,12). The molecule has 5 N–H and O–H groups in total. The molecule has 0 saturated heterocycles. The molecule has 0 radical (unpaired) electrons. The van der Waals surface area contributed by atoms with E-state index < -0.39 is 12.0 Å². The maximum absolute atomic E-state index is 10.5. The van der Waals surface area contributed by atoms with E-state index in [1.165, 1.54) is 0 Å². The highest BCUT2D eigenvalue weighted by Gasteiger charge is 2.21. The summed E-state index contributed by atoms with van der Waals surface area (Å²) in [5.74, 6) is -1.07. The van der Waals surface area contributed by atoms with Crippen molar-refractivity contribution >= 4 is 5.97 Å². The first-order valence-electron chi connectivity index (χ1n) is 3.92. The molecule has 12 heavy (non-hydrogen) atoms. The van der Waals surface area contributed by atoms with Crippen molar-refractivity contribution in [2.75, 3.05) is 6.54 Å². The molecule has 0 spiro atoms. The van der Waals surface area contributed by atoms with Crippen molar-refractivity contribution in [3.8, 4) is 0 Å². The van der Waals surface area contributed by atoms with Gasteiger partial charge in [-0.2, -0.15) is 0 Å². The second-order valence-corrected chi connectivity index (χ2v) is 2.73. The van der Waals surface area contributed by atoms with Crippen molar-refractivity contribution in [1.82, 2.24) is 0 Å². The third-order valence-corrected chi connectivity index (χ3v) is 1.80. The van der Waals surface area contributed by atoms with E-state index in [1.807, 2.05) is 0 Å². The minimum Gasteiger partial charge on any atom is -0.480 e. The van der Waals surface area contributed by atoms with Gasteiger partial charge in [-0.1, -0.05) is 6.08 Å². The second kappa shape index (κ2) is 5.74. The van der Waals surface area contributed by atoms with Gasteiger partial charge in [0.25, 0.3) is 0 Å². The van der Waals surface area contributed by atoms with Gasteiger partial charge in [0.2, 0.25) is 0 Å². The van der Waals surface area contributed by atoms with Gasteiger partial charge < -0.3 is 16.6 Å². The van der Waals surface area contributed by atoms with E-state index in [0.717, 1.165) is 0 Å². The average Bonchev–Trinajstić information content (AvgIpc) is 2.03. The number of hydrogen-bond donors (Lipinski definition) is 3.